The predicted octanol–water partition coefficient (Wildman–Crippen LogP) is 4.34. The van der Waals surface area contributed by atoms with Crippen LogP contribution in [0.2, 0.25) is 0 Å². The molecule has 0 aliphatic rings. The lowest BCUT2D eigenvalue weighted by molar-refractivity contribution is -0.671. The number of sulfonamides is 1. The normalized spacial score (nSPS) is 11.9. The van der Waals surface area contributed by atoms with Gasteiger partial charge in [-0.25, -0.2) is 17.6 Å². The van der Waals surface area contributed by atoms with Crippen molar-refractivity contribution in [2.24, 2.45) is 7.05 Å². The maximum absolute atomic E-state index is 10.8. The minimum atomic E-state index is -5.59. The largest absolute Gasteiger partial charge is 0.556 e. The van der Waals surface area contributed by atoms with Gasteiger partial charge >= 0.3 is 5.51 Å². The molecule has 0 spiro atoms. The average Bonchev–Trinajstić information content (AvgIpc) is 2.86. The van der Waals surface area contributed by atoms with E-state index in [9.17, 15) is 21.6 Å². The lowest BCUT2D eigenvalue weighted by Gasteiger charge is -2.07. The van der Waals surface area contributed by atoms with E-state index in [1.54, 1.807) is 0 Å². The number of nitrogens with one attached hydrogen (secondary N) is 1. The van der Waals surface area contributed by atoms with Crippen molar-refractivity contribution in [1.29, 1.82) is 0 Å². The van der Waals surface area contributed by atoms with Gasteiger partial charge in [-0.1, -0.05) is 45.4 Å². The molecule has 5 nitrogen and oxygen atoms in total. The highest BCUT2D eigenvalue weighted by Gasteiger charge is 2.36. The second-order valence-corrected chi connectivity index (χ2v) is 7.21. The molecule has 0 aliphatic carbocycles. The van der Waals surface area contributed by atoms with Gasteiger partial charge in [0.2, 0.25) is 6.33 Å². The molecule has 0 bridgehead atoms. The van der Waals surface area contributed by atoms with Crippen molar-refractivity contribution in [3.05, 3.63) is 23.9 Å². The summed E-state index contributed by atoms with van der Waals surface area (Å²) in [7, 11) is -3.52. The third kappa shape index (κ3) is 11.4. The molecule has 1 heterocycles. The molecule has 0 atom stereocenters. The Labute approximate surface area is 142 Å². The Bertz CT molecular complexity index is 542. The number of aromatic nitrogens is 2. The third-order valence-electron chi connectivity index (χ3n) is 3.40. The zero-order valence-corrected chi connectivity index (χ0v) is 15.2. The third-order valence-corrected chi connectivity index (χ3v) is 4.01. The lowest BCUT2D eigenvalue weighted by atomic mass is 10.1. The Balaban J connectivity index is 0.000000561. The maximum atomic E-state index is 10.8. The predicted molar refractivity (Wildman–Crippen MR) is 87.5 cm³/mol. The highest BCUT2D eigenvalue weighted by Crippen LogP contribution is 2.23. The molecule has 0 fully saturated rings. The van der Waals surface area contributed by atoms with Crippen LogP contribution in [0.25, 0.3) is 5.14 Å². The van der Waals surface area contributed by atoms with Gasteiger partial charge in [-0.15, -0.1) is 0 Å². The molecule has 0 radical (unpaired) electrons. The highest BCUT2D eigenvalue weighted by atomic mass is 32.2. The molecule has 1 aromatic heterocycles. The van der Waals surface area contributed by atoms with E-state index in [0.717, 1.165) is 0 Å². The Kier molecular flexibility index (Phi) is 10.9. The van der Waals surface area contributed by atoms with E-state index in [0.29, 0.717) is 0 Å². The summed E-state index contributed by atoms with van der Waals surface area (Å²) in [5, 5.41) is 5.43. The van der Waals surface area contributed by atoms with Gasteiger partial charge in [-0.2, -0.15) is 13.2 Å². The Morgan fingerprint density at radius 3 is 1.88 bits per heavy atom. The molecule has 142 valence electrons. The van der Waals surface area contributed by atoms with Gasteiger partial charge in [0.25, 0.3) is 0 Å². The summed E-state index contributed by atoms with van der Waals surface area (Å²) in [6.07, 6.45) is 17.6. The van der Waals surface area contributed by atoms with Gasteiger partial charge in [-0.05, 0) is 12.8 Å². The van der Waals surface area contributed by atoms with E-state index >= 15 is 0 Å². The second-order valence-electron chi connectivity index (χ2n) is 5.74. The fourth-order valence-electron chi connectivity index (χ4n) is 2.06. The van der Waals surface area contributed by atoms with Gasteiger partial charge in [0.05, 0.1) is 13.6 Å². The van der Waals surface area contributed by atoms with Crippen LogP contribution in [0.5, 0.6) is 0 Å². The second kappa shape index (κ2) is 11.5. The summed E-state index contributed by atoms with van der Waals surface area (Å²) in [6, 6.07) is 0. The van der Waals surface area contributed by atoms with E-state index < -0.39 is 15.5 Å². The van der Waals surface area contributed by atoms with Gasteiger partial charge in [-0.3, -0.25) is 0 Å². The molecule has 1 N–H and O–H groups in total. The van der Waals surface area contributed by atoms with Gasteiger partial charge in [0.1, 0.15) is 12.4 Å². The fraction of sp³-hybridized carbons (Fsp3) is 0.800. The molecule has 1 rings (SSSR count). The van der Waals surface area contributed by atoms with Crippen LogP contribution in [0.1, 0.15) is 58.3 Å². The molecular formula is C15H28F3N3O2S. The number of unbranched alkanes of at least 4 members (excludes halogenated alkanes) is 7. The number of imidazole rings is 1. The minimum Gasteiger partial charge on any atom is -0.556 e. The number of hydrogen-bond donors (Lipinski definition) is 0. The van der Waals surface area contributed by atoms with Gasteiger partial charge in [0, 0.05) is 0 Å². The van der Waals surface area contributed by atoms with Gasteiger partial charge in [0.15, 0.2) is 10.0 Å². The number of hydrogen-bond acceptors (Lipinski definition) is 2. The first kappa shape index (κ1) is 22.9. The van der Waals surface area contributed by atoms with Crippen molar-refractivity contribution in [2.75, 3.05) is 0 Å². The van der Waals surface area contributed by atoms with E-state index in [4.69, 9.17) is 5.14 Å². The summed E-state index contributed by atoms with van der Waals surface area (Å²) in [5.41, 5.74) is -5.42. The van der Waals surface area contributed by atoms with Crippen molar-refractivity contribution in [3.63, 3.8) is 0 Å². The number of rotatable bonds is 9. The van der Waals surface area contributed by atoms with Crippen LogP contribution in [0.15, 0.2) is 18.7 Å². The molecule has 0 aliphatic heterocycles. The van der Waals surface area contributed by atoms with Crippen molar-refractivity contribution >= 4 is 10.0 Å². The lowest BCUT2D eigenvalue weighted by Crippen LogP contribution is -2.23. The van der Waals surface area contributed by atoms with E-state index in [1.165, 1.54) is 57.9 Å². The average molecular weight is 371 g/mol. The van der Waals surface area contributed by atoms with Crippen LogP contribution in [0, 0.1) is 0 Å². The minimum absolute atomic E-state index is 1.18. The van der Waals surface area contributed by atoms with Gasteiger partial charge < -0.3 is 5.14 Å². The molecule has 0 aromatic carbocycles. The molecule has 0 saturated carbocycles. The molecule has 1 aromatic rings. The summed E-state index contributed by atoms with van der Waals surface area (Å²) >= 11 is 0. The SMILES string of the molecule is CCCCCCCCCCn1cc[n+](C)c1.[NH-]S(=O)(=O)C(F)(F)F. The number of alkyl halides is 3. The summed E-state index contributed by atoms with van der Waals surface area (Å²) in [6.45, 7) is 3.45. The fourth-order valence-corrected chi connectivity index (χ4v) is 2.06. The quantitative estimate of drug-likeness (QED) is 0.479. The zero-order valence-electron chi connectivity index (χ0n) is 14.3. The van der Waals surface area contributed by atoms with E-state index in [1.807, 2.05) is 0 Å². The van der Waals surface area contributed by atoms with E-state index in [-0.39, 0.29) is 0 Å². The molecule has 0 unspecified atom stereocenters. The highest BCUT2D eigenvalue weighted by molar-refractivity contribution is 7.93. The first-order chi connectivity index (χ1) is 11.1. The maximum Gasteiger partial charge on any atom is 0.479 e. The van der Waals surface area contributed by atoms with Crippen molar-refractivity contribution in [3.8, 4) is 0 Å². The molecule has 9 heteroatoms. The molecule has 0 saturated heterocycles. The van der Waals surface area contributed by atoms with Crippen molar-refractivity contribution < 1.29 is 26.2 Å². The first-order valence-corrected chi connectivity index (χ1v) is 9.63. The smallest absolute Gasteiger partial charge is 0.479 e. The Morgan fingerprint density at radius 1 is 1.04 bits per heavy atom. The summed E-state index contributed by atoms with van der Waals surface area (Å²) in [5.74, 6) is 0. The monoisotopic (exact) mass is 371 g/mol. The number of halogens is 3. The molecule has 0 amide bonds. The number of nitrogens with zero attached hydrogens (tertiary/aromatic N) is 2. The topological polar surface area (TPSA) is 66.8 Å². The van der Waals surface area contributed by atoms with Crippen LogP contribution in [-0.4, -0.2) is 18.5 Å². The number of aryl methyl sites for hydroxylation is 2. The van der Waals surface area contributed by atoms with Crippen LogP contribution in [0.3, 0.4) is 0 Å². The first-order valence-electron chi connectivity index (χ1n) is 8.15. The zero-order chi connectivity index (χ0) is 18.6. The van der Waals surface area contributed by atoms with Crippen molar-refractivity contribution in [1.82, 2.24) is 4.57 Å². The summed E-state index contributed by atoms with van der Waals surface area (Å²) < 4.78 is 55.1. The van der Waals surface area contributed by atoms with Crippen LogP contribution in [0.4, 0.5) is 13.2 Å². The Hall–Kier alpha value is -1.09. The van der Waals surface area contributed by atoms with Crippen LogP contribution < -0.4 is 4.57 Å². The summed E-state index contributed by atoms with van der Waals surface area (Å²) in [4.78, 5) is 0. The van der Waals surface area contributed by atoms with Crippen molar-refractivity contribution in [2.45, 2.75) is 70.3 Å². The van der Waals surface area contributed by atoms with Crippen LogP contribution >= 0.6 is 0 Å². The standard InChI is InChI=1S/C14H27N2.CHF3NO2S/c1-3-4-5-6-7-8-9-10-11-16-13-12-15(2)14-16;2-1(3,4)8(5,6)7/h12-14H,3-11H2,1-2H3;(H-,5,6,7)/q+1;-1. The molecule has 24 heavy (non-hydrogen) atoms. The molecular weight excluding hydrogens is 343 g/mol. The van der Waals surface area contributed by atoms with Crippen LogP contribution in [-0.2, 0) is 23.6 Å². The Morgan fingerprint density at radius 2 is 1.50 bits per heavy atom. The van der Waals surface area contributed by atoms with E-state index in [2.05, 4.69) is 41.8 Å².